The van der Waals surface area contributed by atoms with Gasteiger partial charge in [0.1, 0.15) is 11.6 Å². The number of hydrogen-bond acceptors (Lipinski definition) is 1. The quantitative estimate of drug-likeness (QED) is 0.761. The van der Waals surface area contributed by atoms with E-state index in [1.54, 1.807) is 0 Å². The van der Waals surface area contributed by atoms with Crippen LogP contribution in [0.15, 0.2) is 36.4 Å². The van der Waals surface area contributed by atoms with E-state index in [0.29, 0.717) is 6.07 Å². The van der Waals surface area contributed by atoms with E-state index in [1.807, 2.05) is 0 Å². The van der Waals surface area contributed by atoms with Crippen LogP contribution in [0.25, 0.3) is 0 Å². The van der Waals surface area contributed by atoms with E-state index in [-0.39, 0.29) is 22.8 Å². The second kappa shape index (κ2) is 5.89. The van der Waals surface area contributed by atoms with Crippen molar-refractivity contribution in [3.63, 3.8) is 0 Å². The van der Waals surface area contributed by atoms with Crippen LogP contribution in [0.1, 0.15) is 11.1 Å². The van der Waals surface area contributed by atoms with Gasteiger partial charge in [-0.15, -0.1) is 0 Å². The molecule has 0 spiro atoms. The number of nitrogens with one attached hydrogen (secondary N) is 1. The molecule has 0 saturated heterocycles. The van der Waals surface area contributed by atoms with Crippen molar-refractivity contribution in [1.29, 1.82) is 0 Å². The molecule has 0 aliphatic rings. The van der Waals surface area contributed by atoms with Gasteiger partial charge in [0.15, 0.2) is 0 Å². The Morgan fingerprint density at radius 2 is 1.71 bits per heavy atom. The molecule has 0 aliphatic heterocycles. The highest BCUT2D eigenvalue weighted by atomic mass is 35.5. The Morgan fingerprint density at radius 3 is 2.38 bits per heavy atom. The van der Waals surface area contributed by atoms with Crippen molar-refractivity contribution in [1.82, 2.24) is 0 Å². The van der Waals surface area contributed by atoms with Crippen molar-refractivity contribution in [3.8, 4) is 0 Å². The number of halogens is 6. The fraction of sp³-hybridized carbons (Fsp3) is 0.143. The number of rotatable bonds is 3. The summed E-state index contributed by atoms with van der Waals surface area (Å²) in [4.78, 5) is 0. The Hall–Kier alpha value is -1.82. The number of anilines is 1. The predicted octanol–water partition coefficient (Wildman–Crippen LogP) is 5.25. The van der Waals surface area contributed by atoms with Crippen LogP contribution in [-0.4, -0.2) is 0 Å². The largest absolute Gasteiger partial charge is 0.416 e. The molecule has 21 heavy (non-hydrogen) atoms. The van der Waals surface area contributed by atoms with Crippen LogP contribution in [0, 0.1) is 11.6 Å². The molecule has 2 aromatic carbocycles. The van der Waals surface area contributed by atoms with Crippen molar-refractivity contribution >= 4 is 17.3 Å². The Morgan fingerprint density at radius 1 is 1.00 bits per heavy atom. The molecule has 0 unspecified atom stereocenters. The first-order valence-corrected chi connectivity index (χ1v) is 6.20. The highest BCUT2D eigenvalue weighted by Gasteiger charge is 2.33. The minimum Gasteiger partial charge on any atom is -0.379 e. The summed E-state index contributed by atoms with van der Waals surface area (Å²) in [5, 5.41) is 2.76. The van der Waals surface area contributed by atoms with Crippen molar-refractivity contribution in [2.75, 3.05) is 5.32 Å². The molecule has 1 N–H and O–H groups in total. The van der Waals surface area contributed by atoms with Crippen molar-refractivity contribution in [2.24, 2.45) is 0 Å². The van der Waals surface area contributed by atoms with E-state index in [1.165, 1.54) is 12.1 Å². The molecule has 0 aliphatic carbocycles. The minimum absolute atomic E-state index is 0.0278. The second-order valence-electron chi connectivity index (χ2n) is 4.28. The summed E-state index contributed by atoms with van der Waals surface area (Å²) in [5.74, 6) is -1.63. The first-order valence-electron chi connectivity index (χ1n) is 5.82. The maximum absolute atomic E-state index is 13.5. The molecule has 2 rings (SSSR count). The maximum Gasteiger partial charge on any atom is 0.416 e. The molecule has 112 valence electrons. The number of alkyl halides is 3. The Kier molecular flexibility index (Phi) is 4.37. The smallest absolute Gasteiger partial charge is 0.379 e. The zero-order chi connectivity index (χ0) is 15.6. The molecule has 0 saturated carbocycles. The van der Waals surface area contributed by atoms with Crippen LogP contribution >= 0.6 is 11.6 Å². The molecule has 0 bridgehead atoms. The minimum atomic E-state index is -4.69. The molecule has 0 radical (unpaired) electrons. The van der Waals surface area contributed by atoms with Gasteiger partial charge < -0.3 is 5.32 Å². The third-order valence-corrected chi connectivity index (χ3v) is 3.01. The van der Waals surface area contributed by atoms with E-state index in [4.69, 9.17) is 11.6 Å². The Balaban J connectivity index is 2.26. The van der Waals surface area contributed by atoms with Crippen LogP contribution in [0.4, 0.5) is 27.6 Å². The van der Waals surface area contributed by atoms with Gasteiger partial charge in [0, 0.05) is 11.6 Å². The van der Waals surface area contributed by atoms with E-state index in [0.717, 1.165) is 18.2 Å². The summed E-state index contributed by atoms with van der Waals surface area (Å²) < 4.78 is 64.9. The van der Waals surface area contributed by atoms with Gasteiger partial charge in [0.2, 0.25) is 0 Å². The Labute approximate surface area is 122 Å². The first kappa shape index (κ1) is 15.6. The number of benzene rings is 2. The van der Waals surface area contributed by atoms with Crippen LogP contribution < -0.4 is 5.32 Å². The molecule has 7 heteroatoms. The highest BCUT2D eigenvalue weighted by molar-refractivity contribution is 6.30. The van der Waals surface area contributed by atoms with Gasteiger partial charge in [-0.05, 0) is 35.9 Å². The average molecular weight is 322 g/mol. The molecular formula is C14H9ClF5N. The summed E-state index contributed by atoms with van der Waals surface area (Å²) in [6, 6.07) is 6.01. The van der Waals surface area contributed by atoms with Crippen LogP contribution in [-0.2, 0) is 12.7 Å². The zero-order valence-corrected chi connectivity index (χ0v) is 11.2. The van der Waals surface area contributed by atoms with Gasteiger partial charge in [-0.3, -0.25) is 0 Å². The third kappa shape index (κ3) is 3.85. The van der Waals surface area contributed by atoms with Gasteiger partial charge in [-0.2, -0.15) is 13.2 Å². The van der Waals surface area contributed by atoms with Gasteiger partial charge in [-0.1, -0.05) is 17.7 Å². The van der Waals surface area contributed by atoms with Crippen LogP contribution in [0.2, 0.25) is 5.02 Å². The standard InChI is InChI=1S/C14H9ClF5N/c15-9-2-4-12(17)13(5-9)21-7-8-1-3-10(16)6-11(8)14(18,19)20/h1-6,21H,7H2. The molecular weight excluding hydrogens is 313 g/mol. The monoisotopic (exact) mass is 321 g/mol. The summed E-state index contributed by atoms with van der Waals surface area (Å²) in [6.07, 6.45) is -4.69. The average Bonchev–Trinajstić information content (AvgIpc) is 2.40. The van der Waals surface area contributed by atoms with E-state index in [2.05, 4.69) is 5.32 Å². The fourth-order valence-corrected chi connectivity index (χ4v) is 1.96. The normalized spacial score (nSPS) is 11.5. The lowest BCUT2D eigenvalue weighted by Gasteiger charge is -2.14. The summed E-state index contributed by atoms with van der Waals surface area (Å²) in [7, 11) is 0. The molecule has 0 aromatic heterocycles. The maximum atomic E-state index is 13.5. The lowest BCUT2D eigenvalue weighted by molar-refractivity contribution is -0.138. The van der Waals surface area contributed by atoms with E-state index < -0.39 is 23.4 Å². The van der Waals surface area contributed by atoms with E-state index >= 15 is 0 Å². The third-order valence-electron chi connectivity index (χ3n) is 2.78. The van der Waals surface area contributed by atoms with Gasteiger partial charge >= 0.3 is 6.18 Å². The molecule has 0 fully saturated rings. The van der Waals surface area contributed by atoms with Crippen molar-refractivity contribution in [2.45, 2.75) is 12.7 Å². The first-order chi connectivity index (χ1) is 9.77. The molecule has 1 nitrogen and oxygen atoms in total. The van der Waals surface area contributed by atoms with Gasteiger partial charge in [0.05, 0.1) is 11.3 Å². The zero-order valence-electron chi connectivity index (χ0n) is 10.4. The van der Waals surface area contributed by atoms with Gasteiger partial charge in [0.25, 0.3) is 0 Å². The highest BCUT2D eigenvalue weighted by Crippen LogP contribution is 2.33. The van der Waals surface area contributed by atoms with Crippen molar-refractivity contribution < 1.29 is 22.0 Å². The predicted molar refractivity (Wildman–Crippen MR) is 70.1 cm³/mol. The summed E-state index contributed by atoms with van der Waals surface area (Å²) in [6.45, 7) is -0.313. The fourth-order valence-electron chi connectivity index (χ4n) is 1.79. The molecule has 0 atom stereocenters. The lowest BCUT2D eigenvalue weighted by Crippen LogP contribution is -2.12. The second-order valence-corrected chi connectivity index (χ2v) is 4.71. The topological polar surface area (TPSA) is 12.0 Å². The van der Waals surface area contributed by atoms with E-state index in [9.17, 15) is 22.0 Å². The SMILES string of the molecule is Fc1ccc(CNc2cc(Cl)ccc2F)c(C(F)(F)F)c1. The Bertz CT molecular complexity index is 654. The van der Waals surface area contributed by atoms with Crippen LogP contribution in [0.3, 0.4) is 0 Å². The molecule has 0 amide bonds. The summed E-state index contributed by atoms with van der Waals surface area (Å²) in [5.41, 5.74) is -1.32. The number of hydrogen-bond donors (Lipinski definition) is 1. The van der Waals surface area contributed by atoms with Crippen LogP contribution in [0.5, 0.6) is 0 Å². The van der Waals surface area contributed by atoms with Crippen molar-refractivity contribution in [3.05, 3.63) is 64.2 Å². The molecule has 2 aromatic rings. The molecule has 0 heterocycles. The lowest BCUT2D eigenvalue weighted by atomic mass is 10.1. The van der Waals surface area contributed by atoms with Gasteiger partial charge in [-0.25, -0.2) is 8.78 Å². The summed E-state index contributed by atoms with van der Waals surface area (Å²) >= 11 is 5.69.